The van der Waals surface area contributed by atoms with Crippen LogP contribution in [0.3, 0.4) is 0 Å². The third kappa shape index (κ3) is 3.46. The highest BCUT2D eigenvalue weighted by Crippen LogP contribution is 2.13. The van der Waals surface area contributed by atoms with Gasteiger partial charge < -0.3 is 9.84 Å². The quantitative estimate of drug-likeness (QED) is 0.723. The van der Waals surface area contributed by atoms with E-state index in [1.165, 1.54) is 0 Å². The first kappa shape index (κ1) is 10.6. The van der Waals surface area contributed by atoms with E-state index >= 15 is 0 Å². The molecule has 0 spiro atoms. The van der Waals surface area contributed by atoms with Crippen LogP contribution in [0.25, 0.3) is 0 Å². The maximum Gasteiger partial charge on any atom is 0.119 e. The first-order valence-electron chi connectivity index (χ1n) is 4.56. The summed E-state index contributed by atoms with van der Waals surface area (Å²) >= 11 is 0. The Morgan fingerprint density at radius 3 is 3.00 bits per heavy atom. The molecule has 0 amide bonds. The van der Waals surface area contributed by atoms with Crippen molar-refractivity contribution >= 4 is 0 Å². The van der Waals surface area contributed by atoms with Gasteiger partial charge in [0.2, 0.25) is 0 Å². The van der Waals surface area contributed by atoms with Crippen LogP contribution in [-0.4, -0.2) is 11.7 Å². The molecule has 0 aliphatic carbocycles. The molecule has 0 atom stereocenters. The summed E-state index contributed by atoms with van der Waals surface area (Å²) in [6, 6.07) is 9.37. The van der Waals surface area contributed by atoms with Gasteiger partial charge in [-0.2, -0.15) is 5.26 Å². The number of unbranched alkanes of at least 4 members (excludes halogenated alkanes) is 1. The molecule has 0 saturated heterocycles. The molecule has 1 aromatic carbocycles. The van der Waals surface area contributed by atoms with E-state index in [2.05, 4.69) is 6.07 Å². The molecule has 74 valence electrons. The zero-order valence-electron chi connectivity index (χ0n) is 7.94. The monoisotopic (exact) mass is 191 g/mol. The molecule has 0 aliphatic heterocycles. The fourth-order valence-electron chi connectivity index (χ4n) is 1.07. The standard InChI is InChI=1S/C11H13NO2/c12-6-1-2-7-14-11-5-3-4-10(8-11)9-13/h3-5,8,13H,1-2,7,9H2. The van der Waals surface area contributed by atoms with Crippen molar-refractivity contribution in [3.63, 3.8) is 0 Å². The molecular weight excluding hydrogens is 178 g/mol. The van der Waals surface area contributed by atoms with Crippen molar-refractivity contribution in [2.24, 2.45) is 0 Å². The summed E-state index contributed by atoms with van der Waals surface area (Å²) in [7, 11) is 0. The zero-order valence-corrected chi connectivity index (χ0v) is 7.94. The number of aliphatic hydroxyl groups is 1. The molecule has 3 nitrogen and oxygen atoms in total. The van der Waals surface area contributed by atoms with Crippen molar-refractivity contribution in [1.29, 1.82) is 5.26 Å². The van der Waals surface area contributed by atoms with Crippen molar-refractivity contribution in [2.75, 3.05) is 6.61 Å². The largest absolute Gasteiger partial charge is 0.494 e. The van der Waals surface area contributed by atoms with Crippen molar-refractivity contribution in [2.45, 2.75) is 19.4 Å². The molecule has 0 aromatic heterocycles. The Kier molecular flexibility index (Phi) is 4.53. The highest BCUT2D eigenvalue weighted by Gasteiger charge is 1.95. The number of nitriles is 1. The van der Waals surface area contributed by atoms with Gasteiger partial charge >= 0.3 is 0 Å². The van der Waals surface area contributed by atoms with Gasteiger partial charge in [-0.1, -0.05) is 12.1 Å². The van der Waals surface area contributed by atoms with Gasteiger partial charge in [-0.05, 0) is 24.1 Å². The van der Waals surface area contributed by atoms with E-state index in [-0.39, 0.29) is 6.61 Å². The van der Waals surface area contributed by atoms with Crippen LogP contribution in [0.2, 0.25) is 0 Å². The van der Waals surface area contributed by atoms with Gasteiger partial charge in [-0.3, -0.25) is 0 Å². The Labute approximate surface area is 83.6 Å². The highest BCUT2D eigenvalue weighted by molar-refractivity contribution is 5.27. The fraction of sp³-hybridized carbons (Fsp3) is 0.364. The maximum absolute atomic E-state index is 8.87. The van der Waals surface area contributed by atoms with Gasteiger partial charge in [-0.25, -0.2) is 0 Å². The zero-order chi connectivity index (χ0) is 10.2. The van der Waals surface area contributed by atoms with Crippen LogP contribution >= 0.6 is 0 Å². The van der Waals surface area contributed by atoms with E-state index in [0.717, 1.165) is 17.7 Å². The molecule has 0 aliphatic rings. The third-order valence-corrected chi connectivity index (χ3v) is 1.78. The first-order valence-corrected chi connectivity index (χ1v) is 4.56. The van der Waals surface area contributed by atoms with Gasteiger partial charge in [0.05, 0.1) is 19.3 Å². The van der Waals surface area contributed by atoms with Gasteiger partial charge in [-0.15, -0.1) is 0 Å². The molecule has 14 heavy (non-hydrogen) atoms. The summed E-state index contributed by atoms with van der Waals surface area (Å²) in [6.07, 6.45) is 1.25. The second-order valence-corrected chi connectivity index (χ2v) is 2.92. The second kappa shape index (κ2) is 6.01. The highest BCUT2D eigenvalue weighted by atomic mass is 16.5. The number of benzene rings is 1. The molecule has 0 fully saturated rings. The lowest BCUT2D eigenvalue weighted by atomic mass is 10.2. The number of hydrogen-bond acceptors (Lipinski definition) is 3. The van der Waals surface area contributed by atoms with Crippen molar-refractivity contribution in [3.8, 4) is 11.8 Å². The molecule has 1 N–H and O–H groups in total. The van der Waals surface area contributed by atoms with Crippen LogP contribution in [0, 0.1) is 11.3 Å². The normalized spacial score (nSPS) is 9.43. The van der Waals surface area contributed by atoms with E-state index in [4.69, 9.17) is 15.1 Å². The summed E-state index contributed by atoms with van der Waals surface area (Å²) in [4.78, 5) is 0. The number of ether oxygens (including phenoxy) is 1. The summed E-state index contributed by atoms with van der Waals surface area (Å²) in [6.45, 7) is 0.567. The SMILES string of the molecule is N#CCCCOc1cccc(CO)c1. The van der Waals surface area contributed by atoms with E-state index in [0.29, 0.717) is 13.0 Å². The molecule has 0 heterocycles. The van der Waals surface area contributed by atoms with Gasteiger partial charge in [0.25, 0.3) is 0 Å². The van der Waals surface area contributed by atoms with Gasteiger partial charge in [0.1, 0.15) is 5.75 Å². The summed E-state index contributed by atoms with van der Waals surface area (Å²) in [5.41, 5.74) is 0.836. The Hall–Kier alpha value is -1.53. The van der Waals surface area contributed by atoms with Crippen LogP contribution in [0.15, 0.2) is 24.3 Å². The van der Waals surface area contributed by atoms with Crippen molar-refractivity contribution in [1.82, 2.24) is 0 Å². The Morgan fingerprint density at radius 1 is 1.43 bits per heavy atom. The summed E-state index contributed by atoms with van der Waals surface area (Å²) in [5, 5.41) is 17.2. The predicted octanol–water partition coefficient (Wildman–Crippen LogP) is 1.86. The first-order chi connectivity index (χ1) is 6.86. The van der Waals surface area contributed by atoms with Crippen LogP contribution < -0.4 is 4.74 Å². The minimum atomic E-state index is 0.0232. The summed E-state index contributed by atoms with van der Waals surface area (Å²) < 4.78 is 5.39. The lowest BCUT2D eigenvalue weighted by molar-refractivity contribution is 0.279. The molecule has 1 aromatic rings. The minimum Gasteiger partial charge on any atom is -0.494 e. The Morgan fingerprint density at radius 2 is 2.29 bits per heavy atom. The van der Waals surface area contributed by atoms with Crippen LogP contribution in [0.5, 0.6) is 5.75 Å². The molecule has 0 radical (unpaired) electrons. The average molecular weight is 191 g/mol. The smallest absolute Gasteiger partial charge is 0.119 e. The number of nitrogens with zero attached hydrogens (tertiary/aromatic N) is 1. The fourth-order valence-corrected chi connectivity index (χ4v) is 1.07. The molecule has 0 unspecified atom stereocenters. The molecule has 3 heteroatoms. The van der Waals surface area contributed by atoms with Gasteiger partial charge in [0.15, 0.2) is 0 Å². The molecular formula is C11H13NO2. The molecule has 0 bridgehead atoms. The Balaban J connectivity index is 2.39. The lowest BCUT2D eigenvalue weighted by Crippen LogP contribution is -1.97. The van der Waals surface area contributed by atoms with Crippen LogP contribution in [-0.2, 0) is 6.61 Å². The number of rotatable bonds is 5. The molecule has 0 saturated carbocycles. The van der Waals surface area contributed by atoms with Crippen LogP contribution in [0.4, 0.5) is 0 Å². The van der Waals surface area contributed by atoms with Crippen LogP contribution in [0.1, 0.15) is 18.4 Å². The molecule has 1 rings (SSSR count). The lowest BCUT2D eigenvalue weighted by Gasteiger charge is -2.05. The van der Waals surface area contributed by atoms with Crippen molar-refractivity contribution < 1.29 is 9.84 Å². The maximum atomic E-state index is 8.87. The van der Waals surface area contributed by atoms with E-state index in [1.54, 1.807) is 6.07 Å². The number of hydrogen-bond donors (Lipinski definition) is 1. The third-order valence-electron chi connectivity index (χ3n) is 1.78. The topological polar surface area (TPSA) is 53.2 Å². The average Bonchev–Trinajstić information content (AvgIpc) is 2.25. The van der Waals surface area contributed by atoms with Crippen molar-refractivity contribution in [3.05, 3.63) is 29.8 Å². The Bertz CT molecular complexity index is 317. The van der Waals surface area contributed by atoms with E-state index in [9.17, 15) is 0 Å². The predicted molar refractivity (Wildman–Crippen MR) is 52.7 cm³/mol. The van der Waals surface area contributed by atoms with E-state index in [1.807, 2.05) is 18.2 Å². The second-order valence-electron chi connectivity index (χ2n) is 2.92. The van der Waals surface area contributed by atoms with E-state index < -0.39 is 0 Å². The van der Waals surface area contributed by atoms with Gasteiger partial charge in [0, 0.05) is 6.42 Å². The number of aliphatic hydroxyl groups excluding tert-OH is 1. The minimum absolute atomic E-state index is 0.0232. The summed E-state index contributed by atoms with van der Waals surface area (Å²) in [5.74, 6) is 0.745.